The van der Waals surface area contributed by atoms with E-state index < -0.39 is 144 Å². The maximum Gasteiger partial charge on any atom is 0.247 e. The van der Waals surface area contributed by atoms with Gasteiger partial charge in [0.15, 0.2) is 0 Å². The van der Waals surface area contributed by atoms with E-state index >= 15 is 19.2 Å². The number of nitrogens with zero attached hydrogens (tertiary/aromatic N) is 3. The van der Waals surface area contributed by atoms with E-state index in [9.17, 15) is 53.4 Å². The number of benzene rings is 5. The molecule has 2 heterocycles. The third kappa shape index (κ3) is 30.3. The van der Waals surface area contributed by atoms with Crippen molar-refractivity contribution in [3.05, 3.63) is 173 Å². The van der Waals surface area contributed by atoms with Gasteiger partial charge in [0.05, 0.1) is 6.61 Å². The smallest absolute Gasteiger partial charge is 0.247 e. The zero-order chi connectivity index (χ0) is 86.0. The Kier molecular flexibility index (Phi) is 37.4. The molecular weight excluding hydrogens is 1530 g/mol. The van der Waals surface area contributed by atoms with E-state index in [0.29, 0.717) is 77.2 Å². The molecule has 32 nitrogen and oxygen atoms in total. The van der Waals surface area contributed by atoms with Gasteiger partial charge < -0.3 is 90.0 Å². The van der Waals surface area contributed by atoms with Crippen LogP contribution in [0.25, 0.3) is 10.8 Å². The first-order valence-corrected chi connectivity index (χ1v) is 40.3. The van der Waals surface area contributed by atoms with Gasteiger partial charge in [-0.05, 0) is 159 Å². The van der Waals surface area contributed by atoms with Crippen LogP contribution in [0.15, 0.2) is 140 Å². The fraction of sp³-hybridized carbons (Fsp3) is 0.447. The van der Waals surface area contributed by atoms with Crippen LogP contribution in [0.1, 0.15) is 146 Å². The third-order valence-electron chi connectivity index (χ3n) is 20.1. The van der Waals surface area contributed by atoms with Gasteiger partial charge in [-0.25, -0.2) is 0 Å². The molecule has 118 heavy (non-hydrogen) atoms. The van der Waals surface area contributed by atoms with Crippen molar-refractivity contribution in [1.29, 1.82) is 5.41 Å². The predicted octanol–water partition coefficient (Wildman–Crippen LogP) is 3.43. The van der Waals surface area contributed by atoms with Gasteiger partial charge in [-0.2, -0.15) is 0 Å². The number of phenolic OH excluding ortho intramolecular Hbond substituents is 1. The number of hydrogen-bond acceptors (Lipinski definition) is 18. The highest BCUT2D eigenvalue weighted by Crippen LogP contribution is 2.24. The number of primary amides is 1. The molecule has 33 heteroatoms. The van der Waals surface area contributed by atoms with E-state index in [1.165, 1.54) is 62.5 Å². The molecule has 7 rings (SSSR count). The van der Waals surface area contributed by atoms with E-state index in [4.69, 9.17) is 28.5 Å². The number of amides is 13. The number of nitrogens with one attached hydrogen (secondary N) is 12. The van der Waals surface area contributed by atoms with E-state index in [0.717, 1.165) is 15.7 Å². The lowest BCUT2D eigenvalue weighted by atomic mass is 9.99. The Hall–Kier alpha value is -11.9. The number of hydrogen-bond donors (Lipinski definition) is 16. The number of unbranched alkanes of at least 4 members (excludes halogenated alkanes) is 3. The number of amidine groups is 1. The maximum absolute atomic E-state index is 15.4. The lowest BCUT2D eigenvalue weighted by molar-refractivity contribution is -0.144. The average Bonchev–Trinajstić information content (AvgIpc) is 1.59. The molecule has 6 aromatic rings. The van der Waals surface area contributed by atoms with E-state index in [1.807, 2.05) is 63.2 Å². The van der Waals surface area contributed by atoms with Gasteiger partial charge in [0, 0.05) is 100 Å². The minimum absolute atomic E-state index is 0.0206. The standard InChI is InChI=1S/C85H112ClN17O15/c1-7-8-20-64(78(111)98-66(22-12-13-41-91-51(2)3)85(118)103-43-16-23-71(103)82(115)93-52(4)76(89)109)96-77(110)65(21-11-14-42-92-73(107)38-39-74(108)95-62-34-30-59(31-35-62)75(87)88)97-83(116)72(48-55-27-36-63(106)37-28-55)102(6)84(117)70(50-104)101-81(114)69(47-57-17-15-40-90-49-57)100-80(113)68(45-54-25-32-61(86)33-26-54)99-79(112)67(94-53(5)105)46-56-24-29-58-18-9-10-19-60(58)44-56/h9-10,15,17-19,24-37,40,44,49,51-52,64-72,91,104,106H,7-8,11-14,16,20-23,38-39,41-43,45-48,50H2,1-6H3,(H3,87,88)(H2,89,109)(H,92,107)(H,93,115)(H,94,105)(H,95,108)(H,96,110)(H,97,116)(H,98,111)(H,99,112)(H,100,113)(H,101,114). The number of pyridine rings is 1. The van der Waals surface area contributed by atoms with Crippen molar-refractivity contribution >= 4 is 111 Å². The lowest BCUT2D eigenvalue weighted by Gasteiger charge is -2.33. The molecule has 634 valence electrons. The van der Waals surface area contributed by atoms with Crippen LogP contribution in [0.5, 0.6) is 5.75 Å². The summed E-state index contributed by atoms with van der Waals surface area (Å²) in [5.41, 5.74) is 14.0. The molecule has 0 radical (unpaired) electrons. The first-order chi connectivity index (χ1) is 56.4. The fourth-order valence-corrected chi connectivity index (χ4v) is 13.6. The summed E-state index contributed by atoms with van der Waals surface area (Å²) >= 11 is 6.27. The van der Waals surface area contributed by atoms with Gasteiger partial charge in [0.25, 0.3) is 0 Å². The Morgan fingerprint density at radius 1 is 0.576 bits per heavy atom. The number of halogens is 1. The second-order valence-electron chi connectivity index (χ2n) is 29.9. The first kappa shape index (κ1) is 93.3. The number of aromatic nitrogens is 1. The summed E-state index contributed by atoms with van der Waals surface area (Å²) in [6, 6.07) is 21.2. The third-order valence-corrected chi connectivity index (χ3v) is 20.4. The Morgan fingerprint density at radius 3 is 1.71 bits per heavy atom. The summed E-state index contributed by atoms with van der Waals surface area (Å²) in [6.07, 6.45) is 4.85. The minimum Gasteiger partial charge on any atom is -0.508 e. The summed E-state index contributed by atoms with van der Waals surface area (Å²) in [4.78, 5) is 191. The Balaban J connectivity index is 1.15. The molecule has 5 aromatic carbocycles. The van der Waals surface area contributed by atoms with Gasteiger partial charge in [0.2, 0.25) is 76.8 Å². The normalized spacial score (nSPS) is 14.7. The molecule has 1 saturated heterocycles. The van der Waals surface area contributed by atoms with Crippen LogP contribution in [-0.2, 0) is 88.0 Å². The molecule has 0 saturated carbocycles. The zero-order valence-electron chi connectivity index (χ0n) is 67.6. The Bertz CT molecular complexity index is 4430. The predicted molar refractivity (Wildman–Crippen MR) is 446 cm³/mol. The van der Waals surface area contributed by atoms with Crippen LogP contribution in [0.4, 0.5) is 5.69 Å². The largest absolute Gasteiger partial charge is 0.508 e. The van der Waals surface area contributed by atoms with Crippen LogP contribution in [0.3, 0.4) is 0 Å². The van der Waals surface area contributed by atoms with Crippen molar-refractivity contribution in [2.45, 2.75) is 210 Å². The first-order valence-electron chi connectivity index (χ1n) is 39.9. The number of nitrogen functional groups attached to an aromatic ring is 1. The highest BCUT2D eigenvalue weighted by atomic mass is 35.5. The molecule has 1 aliphatic heterocycles. The Morgan fingerprint density at radius 2 is 1.11 bits per heavy atom. The summed E-state index contributed by atoms with van der Waals surface area (Å²) in [6.45, 7) is 8.22. The molecule has 0 aliphatic carbocycles. The van der Waals surface area contributed by atoms with Gasteiger partial charge in [0.1, 0.15) is 72.0 Å². The average molecular weight is 1650 g/mol. The number of carbonyl (C=O) groups is 13. The van der Waals surface area contributed by atoms with Gasteiger partial charge >= 0.3 is 0 Å². The zero-order valence-corrected chi connectivity index (χ0v) is 68.3. The van der Waals surface area contributed by atoms with Crippen LogP contribution >= 0.6 is 11.6 Å². The number of fused-ring (bicyclic) bond motifs is 1. The van der Waals surface area contributed by atoms with Crippen molar-refractivity contribution in [2.75, 3.05) is 38.6 Å². The van der Waals surface area contributed by atoms with Crippen molar-refractivity contribution in [3.8, 4) is 5.75 Å². The highest BCUT2D eigenvalue weighted by molar-refractivity contribution is 6.30. The maximum atomic E-state index is 15.4. The molecule has 1 fully saturated rings. The minimum atomic E-state index is -1.85. The van der Waals surface area contributed by atoms with Crippen LogP contribution in [0.2, 0.25) is 5.02 Å². The molecule has 1 aliphatic rings. The molecule has 1 aromatic heterocycles. The Labute approximate surface area is 691 Å². The summed E-state index contributed by atoms with van der Waals surface area (Å²) in [5, 5.41) is 62.1. The summed E-state index contributed by atoms with van der Waals surface area (Å²) in [7, 11) is 1.23. The van der Waals surface area contributed by atoms with Gasteiger partial charge in [-0.15, -0.1) is 0 Å². The number of anilines is 1. The van der Waals surface area contributed by atoms with Crippen LogP contribution < -0.4 is 70.0 Å². The number of aliphatic hydroxyl groups is 1. The number of carbonyl (C=O) groups excluding carboxylic acids is 13. The SMILES string of the molecule is CCCCC(NC(=O)C(CCCCNC(=O)CCC(=O)Nc1ccc(C(=N)N)cc1)NC(=O)C(Cc1ccc(O)cc1)N(C)C(=O)C(CO)NC(=O)C(Cc1cccnc1)NC(=O)C(Cc1ccc(Cl)cc1)NC(=O)C(Cc1ccc2ccccc2c1)NC(C)=O)C(=O)NC(CCCCNC(C)C)C(=O)N1CCCC1C(=O)NC(C)C(N)=O. The van der Waals surface area contributed by atoms with Crippen molar-refractivity contribution in [2.24, 2.45) is 11.5 Å². The molecule has 18 N–H and O–H groups in total. The molecule has 13 amide bonds. The molecule has 0 spiro atoms. The molecule has 10 atom stereocenters. The van der Waals surface area contributed by atoms with Gasteiger partial charge in [-0.3, -0.25) is 72.7 Å². The van der Waals surface area contributed by atoms with E-state index in [2.05, 4.69) is 63.5 Å². The number of likely N-dealkylation sites (N-methyl/N-ethyl adjacent to an activating group) is 1. The number of likely N-dealkylation sites (tertiary alicyclic amines) is 1. The summed E-state index contributed by atoms with van der Waals surface area (Å²) in [5.74, 6) is -9.95. The monoisotopic (exact) mass is 1650 g/mol. The number of nitrogens with two attached hydrogens (primary N) is 2. The summed E-state index contributed by atoms with van der Waals surface area (Å²) < 4.78 is 0. The van der Waals surface area contributed by atoms with Crippen LogP contribution in [-0.4, -0.2) is 207 Å². The molecule has 0 bridgehead atoms. The number of aromatic hydroxyl groups is 1. The second-order valence-corrected chi connectivity index (χ2v) is 30.3. The van der Waals surface area contributed by atoms with Crippen molar-refractivity contribution < 1.29 is 72.5 Å². The second kappa shape index (κ2) is 47.3. The number of phenols is 1. The van der Waals surface area contributed by atoms with Crippen molar-refractivity contribution in [1.82, 2.24) is 68.0 Å². The highest BCUT2D eigenvalue weighted by Gasteiger charge is 2.41. The number of aliphatic hydroxyl groups excluding tert-OH is 1. The number of rotatable bonds is 47. The van der Waals surface area contributed by atoms with Crippen molar-refractivity contribution in [3.63, 3.8) is 0 Å². The topological polar surface area (TPSA) is 490 Å². The molecular formula is C85H112ClN17O15. The molecule has 10 unspecified atom stereocenters. The van der Waals surface area contributed by atoms with E-state index in [1.54, 1.807) is 60.7 Å². The van der Waals surface area contributed by atoms with Gasteiger partial charge in [-0.1, -0.05) is 118 Å². The quantitative estimate of drug-likeness (QED) is 0.0148. The fourth-order valence-electron chi connectivity index (χ4n) is 13.5. The van der Waals surface area contributed by atoms with E-state index in [-0.39, 0.29) is 108 Å². The lowest BCUT2D eigenvalue weighted by Crippen LogP contribution is -2.61. The van der Waals surface area contributed by atoms with Crippen LogP contribution in [0, 0.1) is 5.41 Å².